The van der Waals surface area contributed by atoms with Crippen LogP contribution in [-0.4, -0.2) is 12.8 Å². The number of fused-ring (bicyclic) bond motifs is 1. The van der Waals surface area contributed by atoms with Crippen LogP contribution in [0.5, 0.6) is 0 Å². The highest BCUT2D eigenvalue weighted by Crippen LogP contribution is 2.36. The van der Waals surface area contributed by atoms with Crippen LogP contribution in [0, 0.1) is 5.92 Å². The van der Waals surface area contributed by atoms with Crippen LogP contribution < -0.4 is 5.32 Å². The second kappa shape index (κ2) is 5.17. The van der Waals surface area contributed by atoms with Gasteiger partial charge >= 0.3 is 0 Å². The summed E-state index contributed by atoms with van der Waals surface area (Å²) in [5, 5.41) is 4.59. The summed E-state index contributed by atoms with van der Waals surface area (Å²) in [6, 6.07) is 8.40. The zero-order chi connectivity index (χ0) is 13.2. The van der Waals surface area contributed by atoms with Gasteiger partial charge in [-0.1, -0.05) is 18.2 Å². The fourth-order valence-corrected chi connectivity index (χ4v) is 3.18. The predicted octanol–water partition coefficient (Wildman–Crippen LogP) is 3.45. The zero-order valence-corrected chi connectivity index (χ0v) is 11.2. The van der Waals surface area contributed by atoms with E-state index in [-0.39, 0.29) is 6.04 Å². The third kappa shape index (κ3) is 2.30. The van der Waals surface area contributed by atoms with Gasteiger partial charge in [-0.2, -0.15) is 0 Å². The van der Waals surface area contributed by atoms with E-state index < -0.39 is 0 Å². The molecule has 3 heteroatoms. The first kappa shape index (κ1) is 12.4. The molecule has 1 unspecified atom stereocenters. The summed E-state index contributed by atoms with van der Waals surface area (Å²) in [7, 11) is 1.99. The van der Waals surface area contributed by atoms with Crippen LogP contribution in [0.1, 0.15) is 37.3 Å². The van der Waals surface area contributed by atoms with Crippen molar-refractivity contribution < 1.29 is 9.21 Å². The molecule has 0 aliphatic heterocycles. The van der Waals surface area contributed by atoms with Gasteiger partial charge < -0.3 is 9.73 Å². The maximum absolute atomic E-state index is 11.4. The molecule has 1 heterocycles. The Hall–Kier alpha value is -1.61. The standard InChI is InChI=1S/C16H19NO2/c1-17-16(11-6-8-12(18)9-7-11)14-10-19-15-5-3-2-4-13(14)15/h2-5,10-11,16-17H,6-9H2,1H3. The van der Waals surface area contributed by atoms with Gasteiger partial charge in [0.2, 0.25) is 0 Å². The minimum absolute atomic E-state index is 0.275. The van der Waals surface area contributed by atoms with E-state index in [1.165, 1.54) is 10.9 Å². The predicted molar refractivity (Wildman–Crippen MR) is 75.0 cm³/mol. The van der Waals surface area contributed by atoms with Crippen molar-refractivity contribution in [2.24, 2.45) is 5.92 Å². The number of furan rings is 1. The molecule has 0 radical (unpaired) electrons. The number of carbonyl (C=O) groups excluding carboxylic acids is 1. The molecule has 1 atom stereocenters. The van der Waals surface area contributed by atoms with Crippen molar-refractivity contribution in [2.75, 3.05) is 7.05 Å². The summed E-state index contributed by atoms with van der Waals surface area (Å²) in [5.41, 5.74) is 2.15. The van der Waals surface area contributed by atoms with Gasteiger partial charge in [0.1, 0.15) is 11.4 Å². The van der Waals surface area contributed by atoms with Crippen molar-refractivity contribution >= 4 is 16.8 Å². The van der Waals surface area contributed by atoms with Gasteiger partial charge in [-0.25, -0.2) is 0 Å². The summed E-state index contributed by atoms with van der Waals surface area (Å²) in [6.45, 7) is 0. The van der Waals surface area contributed by atoms with Gasteiger partial charge in [0.15, 0.2) is 0 Å². The molecule has 3 rings (SSSR count). The second-order valence-electron chi connectivity index (χ2n) is 5.33. The maximum Gasteiger partial charge on any atom is 0.134 e. The number of hydrogen-bond acceptors (Lipinski definition) is 3. The topological polar surface area (TPSA) is 42.2 Å². The lowest BCUT2D eigenvalue weighted by molar-refractivity contribution is -0.121. The Morgan fingerprint density at radius 3 is 2.74 bits per heavy atom. The number of carbonyl (C=O) groups is 1. The summed E-state index contributed by atoms with van der Waals surface area (Å²) in [5.74, 6) is 0.923. The Bertz CT molecular complexity index is 577. The maximum atomic E-state index is 11.4. The second-order valence-corrected chi connectivity index (χ2v) is 5.33. The molecule has 2 aromatic rings. The number of Topliss-reactive ketones (excluding diaryl/α,β-unsaturated/α-hetero) is 1. The Labute approximate surface area is 113 Å². The molecule has 1 N–H and O–H groups in total. The Kier molecular flexibility index (Phi) is 3.38. The Morgan fingerprint density at radius 1 is 1.26 bits per heavy atom. The van der Waals surface area contributed by atoms with Crippen LogP contribution in [0.2, 0.25) is 0 Å². The zero-order valence-electron chi connectivity index (χ0n) is 11.2. The number of nitrogens with one attached hydrogen (secondary N) is 1. The number of ketones is 1. The van der Waals surface area contributed by atoms with E-state index in [2.05, 4.69) is 11.4 Å². The average molecular weight is 257 g/mol. The Balaban J connectivity index is 1.91. The van der Waals surface area contributed by atoms with Gasteiger partial charge in [0, 0.05) is 29.8 Å². The van der Waals surface area contributed by atoms with E-state index >= 15 is 0 Å². The van der Waals surface area contributed by atoms with E-state index in [1.54, 1.807) is 0 Å². The van der Waals surface area contributed by atoms with E-state index in [0.717, 1.165) is 31.3 Å². The van der Waals surface area contributed by atoms with Crippen molar-refractivity contribution in [3.8, 4) is 0 Å². The molecule has 1 fully saturated rings. The normalized spacial score (nSPS) is 18.9. The first-order valence-electron chi connectivity index (χ1n) is 6.94. The van der Waals surface area contributed by atoms with Crippen LogP contribution in [0.15, 0.2) is 34.9 Å². The van der Waals surface area contributed by atoms with E-state index in [4.69, 9.17) is 4.42 Å². The van der Waals surface area contributed by atoms with Crippen LogP contribution in [0.25, 0.3) is 11.0 Å². The lowest BCUT2D eigenvalue weighted by Crippen LogP contribution is -2.28. The van der Waals surface area contributed by atoms with E-state index in [1.807, 2.05) is 31.5 Å². The van der Waals surface area contributed by atoms with Crippen LogP contribution in [0.4, 0.5) is 0 Å². The highest BCUT2D eigenvalue weighted by atomic mass is 16.3. The van der Waals surface area contributed by atoms with Crippen LogP contribution in [-0.2, 0) is 4.79 Å². The molecule has 0 amide bonds. The van der Waals surface area contributed by atoms with Gasteiger partial charge in [-0.05, 0) is 31.9 Å². The molecule has 1 aromatic heterocycles. The first-order chi connectivity index (χ1) is 9.29. The van der Waals surface area contributed by atoms with Crippen molar-refractivity contribution in [3.05, 3.63) is 36.1 Å². The monoisotopic (exact) mass is 257 g/mol. The molecule has 1 aliphatic carbocycles. The number of rotatable bonds is 3. The summed E-state index contributed by atoms with van der Waals surface area (Å²) < 4.78 is 5.64. The molecule has 0 bridgehead atoms. The highest BCUT2D eigenvalue weighted by Gasteiger charge is 2.28. The van der Waals surface area contributed by atoms with Crippen LogP contribution >= 0.6 is 0 Å². The molecule has 3 nitrogen and oxygen atoms in total. The molecule has 100 valence electrons. The first-order valence-corrected chi connectivity index (χ1v) is 6.94. The number of benzene rings is 1. The van der Waals surface area contributed by atoms with Crippen LogP contribution in [0.3, 0.4) is 0 Å². The van der Waals surface area contributed by atoms with Gasteiger partial charge in [0.25, 0.3) is 0 Å². The molecule has 1 aromatic carbocycles. The SMILES string of the molecule is CNC(c1coc2ccccc12)C1CCC(=O)CC1. The third-order valence-corrected chi connectivity index (χ3v) is 4.22. The van der Waals surface area contributed by atoms with Crippen molar-refractivity contribution in [1.82, 2.24) is 5.32 Å². The molecular formula is C16H19NO2. The highest BCUT2D eigenvalue weighted by molar-refractivity contribution is 5.82. The molecule has 0 saturated heterocycles. The largest absolute Gasteiger partial charge is 0.464 e. The van der Waals surface area contributed by atoms with E-state index in [9.17, 15) is 4.79 Å². The summed E-state index contributed by atoms with van der Waals surface area (Å²) in [6.07, 6.45) is 5.26. The van der Waals surface area contributed by atoms with E-state index in [0.29, 0.717) is 11.7 Å². The summed E-state index contributed by atoms with van der Waals surface area (Å²) in [4.78, 5) is 11.4. The lowest BCUT2D eigenvalue weighted by atomic mass is 9.80. The average Bonchev–Trinajstić information content (AvgIpc) is 2.86. The number of hydrogen-bond donors (Lipinski definition) is 1. The number of para-hydroxylation sites is 1. The van der Waals surface area contributed by atoms with Gasteiger partial charge in [-0.15, -0.1) is 0 Å². The molecule has 1 saturated carbocycles. The minimum atomic E-state index is 0.275. The molecule has 19 heavy (non-hydrogen) atoms. The van der Waals surface area contributed by atoms with Crippen molar-refractivity contribution in [3.63, 3.8) is 0 Å². The van der Waals surface area contributed by atoms with Gasteiger partial charge in [-0.3, -0.25) is 4.79 Å². The fourth-order valence-electron chi connectivity index (χ4n) is 3.18. The smallest absolute Gasteiger partial charge is 0.134 e. The van der Waals surface area contributed by atoms with Gasteiger partial charge in [0.05, 0.1) is 6.26 Å². The Morgan fingerprint density at radius 2 is 2.00 bits per heavy atom. The minimum Gasteiger partial charge on any atom is -0.464 e. The quantitative estimate of drug-likeness (QED) is 0.915. The molecule has 1 aliphatic rings. The lowest BCUT2D eigenvalue weighted by Gasteiger charge is -2.29. The fraction of sp³-hybridized carbons (Fsp3) is 0.438. The van der Waals surface area contributed by atoms with Crippen molar-refractivity contribution in [1.29, 1.82) is 0 Å². The van der Waals surface area contributed by atoms with Crippen molar-refractivity contribution in [2.45, 2.75) is 31.7 Å². The third-order valence-electron chi connectivity index (χ3n) is 4.22. The molecular weight excluding hydrogens is 238 g/mol. The molecule has 0 spiro atoms. The summed E-state index contributed by atoms with van der Waals surface area (Å²) >= 11 is 0.